The van der Waals surface area contributed by atoms with Crippen LogP contribution in [0.25, 0.3) is 5.69 Å². The maximum atomic E-state index is 12.2. The number of benzene rings is 1. The molecular weight excluding hydrogens is 312 g/mol. The second-order valence-electron chi connectivity index (χ2n) is 7.09. The Hall–Kier alpha value is -2.07. The van der Waals surface area contributed by atoms with Crippen LogP contribution in [-0.2, 0) is 17.6 Å². The van der Waals surface area contributed by atoms with E-state index in [9.17, 15) is 4.79 Å². The van der Waals surface area contributed by atoms with Crippen molar-refractivity contribution in [2.45, 2.75) is 39.5 Å². The molecule has 0 unspecified atom stereocenters. The molecule has 0 fully saturated rings. The highest BCUT2D eigenvalue weighted by Gasteiger charge is 2.21. The van der Waals surface area contributed by atoms with Crippen molar-refractivity contribution in [3.63, 3.8) is 0 Å². The third-order valence-electron chi connectivity index (χ3n) is 5.02. The lowest BCUT2D eigenvalue weighted by molar-refractivity contribution is 0.0948. The van der Waals surface area contributed by atoms with Crippen molar-refractivity contribution in [3.05, 3.63) is 52.8 Å². The molecule has 0 aliphatic heterocycles. The Morgan fingerprint density at radius 1 is 1.32 bits per heavy atom. The third-order valence-corrected chi connectivity index (χ3v) is 5.02. The summed E-state index contributed by atoms with van der Waals surface area (Å²) < 4.78 is 7.34. The van der Waals surface area contributed by atoms with E-state index in [1.165, 1.54) is 29.8 Å². The van der Waals surface area contributed by atoms with Gasteiger partial charge in [-0.3, -0.25) is 4.79 Å². The van der Waals surface area contributed by atoms with E-state index < -0.39 is 0 Å². The Kier molecular flexibility index (Phi) is 5.59. The van der Waals surface area contributed by atoms with Crippen LogP contribution >= 0.6 is 0 Å². The van der Waals surface area contributed by atoms with Crippen LogP contribution in [0, 0.1) is 12.8 Å². The molecule has 0 radical (unpaired) electrons. The minimum Gasteiger partial charge on any atom is -0.385 e. The monoisotopic (exact) mass is 340 g/mol. The number of ether oxygens (including phenoxy) is 1. The number of hydrogen-bond acceptors (Lipinski definition) is 2. The standard InChI is InChI=1S/C21H28N2O2/c1-15-5-10-20-18(13-15)14-16(2)23(20)19-8-6-17(7-9-19)21(24)22-11-4-12-25-3/h6-9,14-15H,4-5,10-13H2,1-3H3,(H,22,24)/t15-/m1/s1. The molecule has 3 rings (SSSR count). The highest BCUT2D eigenvalue weighted by atomic mass is 16.5. The molecule has 25 heavy (non-hydrogen) atoms. The van der Waals surface area contributed by atoms with Crippen molar-refractivity contribution < 1.29 is 9.53 Å². The fraction of sp³-hybridized carbons (Fsp3) is 0.476. The van der Waals surface area contributed by atoms with Gasteiger partial charge in [-0.25, -0.2) is 0 Å². The first-order valence-electron chi connectivity index (χ1n) is 9.18. The summed E-state index contributed by atoms with van der Waals surface area (Å²) in [5.74, 6) is 0.745. The fourth-order valence-electron chi connectivity index (χ4n) is 3.71. The van der Waals surface area contributed by atoms with Crippen molar-refractivity contribution in [3.8, 4) is 5.69 Å². The van der Waals surface area contributed by atoms with Crippen LogP contribution in [-0.4, -0.2) is 30.7 Å². The molecule has 4 heteroatoms. The smallest absolute Gasteiger partial charge is 0.251 e. The van der Waals surface area contributed by atoms with Gasteiger partial charge in [0.25, 0.3) is 5.91 Å². The minimum absolute atomic E-state index is 0.0252. The number of rotatable bonds is 6. The van der Waals surface area contributed by atoms with E-state index in [4.69, 9.17) is 4.74 Å². The van der Waals surface area contributed by atoms with Crippen LogP contribution in [0.1, 0.15) is 47.1 Å². The topological polar surface area (TPSA) is 43.3 Å². The number of hydrogen-bond donors (Lipinski definition) is 1. The van der Waals surface area contributed by atoms with E-state index in [1.807, 2.05) is 12.1 Å². The lowest BCUT2D eigenvalue weighted by Crippen LogP contribution is -2.25. The van der Waals surface area contributed by atoms with E-state index in [0.29, 0.717) is 18.7 Å². The van der Waals surface area contributed by atoms with Crippen LogP contribution in [0.3, 0.4) is 0 Å². The maximum absolute atomic E-state index is 12.2. The van der Waals surface area contributed by atoms with E-state index in [2.05, 4.69) is 41.9 Å². The summed E-state index contributed by atoms with van der Waals surface area (Å²) >= 11 is 0. The first kappa shape index (κ1) is 17.7. The van der Waals surface area contributed by atoms with E-state index in [-0.39, 0.29) is 5.91 Å². The van der Waals surface area contributed by atoms with Gasteiger partial charge in [-0.2, -0.15) is 0 Å². The Bertz CT molecular complexity index is 731. The number of methoxy groups -OCH3 is 1. The Balaban J connectivity index is 1.74. The molecule has 1 N–H and O–H groups in total. The van der Waals surface area contributed by atoms with Gasteiger partial charge in [-0.1, -0.05) is 6.92 Å². The predicted octanol–water partition coefficient (Wildman–Crippen LogP) is 3.68. The molecule has 0 bridgehead atoms. The zero-order valence-corrected chi connectivity index (χ0v) is 15.5. The van der Waals surface area contributed by atoms with Gasteiger partial charge in [0.1, 0.15) is 0 Å². The van der Waals surface area contributed by atoms with Crippen molar-refractivity contribution in [1.29, 1.82) is 0 Å². The summed E-state index contributed by atoms with van der Waals surface area (Å²) in [7, 11) is 1.67. The van der Waals surface area contributed by atoms with Gasteiger partial charge >= 0.3 is 0 Å². The number of nitrogens with one attached hydrogen (secondary N) is 1. The fourth-order valence-corrected chi connectivity index (χ4v) is 3.71. The molecule has 4 nitrogen and oxygen atoms in total. The van der Waals surface area contributed by atoms with Crippen molar-refractivity contribution in [2.75, 3.05) is 20.3 Å². The summed E-state index contributed by atoms with van der Waals surface area (Å²) in [5.41, 5.74) is 6.04. The van der Waals surface area contributed by atoms with Gasteiger partial charge in [-0.05, 0) is 74.4 Å². The summed E-state index contributed by atoms with van der Waals surface area (Å²) in [5, 5.41) is 2.93. The van der Waals surface area contributed by atoms with E-state index in [1.54, 1.807) is 7.11 Å². The van der Waals surface area contributed by atoms with Crippen molar-refractivity contribution in [1.82, 2.24) is 9.88 Å². The quantitative estimate of drug-likeness (QED) is 0.815. The molecule has 1 amide bonds. The van der Waals surface area contributed by atoms with Crippen LogP contribution in [0.15, 0.2) is 30.3 Å². The number of fused-ring (bicyclic) bond motifs is 1. The summed E-state index contributed by atoms with van der Waals surface area (Å²) in [6, 6.07) is 10.3. The van der Waals surface area contributed by atoms with Gasteiger partial charge in [0, 0.05) is 42.9 Å². The Morgan fingerprint density at radius 3 is 2.80 bits per heavy atom. The first-order chi connectivity index (χ1) is 12.1. The molecule has 0 saturated heterocycles. The average molecular weight is 340 g/mol. The number of aromatic nitrogens is 1. The molecule has 1 aliphatic carbocycles. The molecule has 0 spiro atoms. The second kappa shape index (κ2) is 7.87. The van der Waals surface area contributed by atoms with Crippen molar-refractivity contribution >= 4 is 5.91 Å². The molecule has 2 aromatic rings. The second-order valence-corrected chi connectivity index (χ2v) is 7.09. The molecule has 0 saturated carbocycles. The molecule has 1 aromatic heterocycles. The SMILES string of the molecule is COCCCNC(=O)c1ccc(-n2c(C)cc3c2CC[C@@H](C)C3)cc1. The predicted molar refractivity (Wildman–Crippen MR) is 101 cm³/mol. The maximum Gasteiger partial charge on any atom is 0.251 e. The van der Waals surface area contributed by atoms with E-state index >= 15 is 0 Å². The van der Waals surface area contributed by atoms with Crippen LogP contribution in [0.2, 0.25) is 0 Å². The van der Waals surface area contributed by atoms with Gasteiger partial charge in [0.2, 0.25) is 0 Å². The number of carbonyl (C=O) groups is 1. The lowest BCUT2D eigenvalue weighted by Gasteiger charge is -2.21. The first-order valence-corrected chi connectivity index (χ1v) is 9.18. The number of aryl methyl sites for hydroxylation is 1. The Labute approximate surface area is 150 Å². The number of nitrogens with zero attached hydrogens (tertiary/aromatic N) is 1. The van der Waals surface area contributed by atoms with Gasteiger partial charge in [0.05, 0.1) is 0 Å². The molecule has 1 atom stereocenters. The van der Waals surface area contributed by atoms with Gasteiger partial charge < -0.3 is 14.6 Å². The molecule has 134 valence electrons. The summed E-state index contributed by atoms with van der Waals surface area (Å²) in [4.78, 5) is 12.2. The number of carbonyl (C=O) groups excluding carboxylic acids is 1. The van der Waals surface area contributed by atoms with Gasteiger partial charge in [-0.15, -0.1) is 0 Å². The number of amides is 1. The average Bonchev–Trinajstić information content (AvgIpc) is 2.93. The lowest BCUT2D eigenvalue weighted by atomic mass is 9.89. The zero-order chi connectivity index (χ0) is 17.8. The summed E-state index contributed by atoms with van der Waals surface area (Å²) in [6.07, 6.45) is 4.38. The summed E-state index contributed by atoms with van der Waals surface area (Å²) in [6.45, 7) is 5.79. The van der Waals surface area contributed by atoms with Crippen LogP contribution in [0.5, 0.6) is 0 Å². The largest absolute Gasteiger partial charge is 0.385 e. The minimum atomic E-state index is -0.0252. The van der Waals surface area contributed by atoms with Crippen LogP contribution < -0.4 is 5.32 Å². The highest BCUT2D eigenvalue weighted by Crippen LogP contribution is 2.30. The van der Waals surface area contributed by atoms with E-state index in [0.717, 1.165) is 24.4 Å². The third kappa shape index (κ3) is 3.96. The normalized spacial score (nSPS) is 16.5. The zero-order valence-electron chi connectivity index (χ0n) is 15.5. The Morgan fingerprint density at radius 2 is 2.08 bits per heavy atom. The van der Waals surface area contributed by atoms with Gasteiger partial charge in [0.15, 0.2) is 0 Å². The van der Waals surface area contributed by atoms with Crippen molar-refractivity contribution in [2.24, 2.45) is 5.92 Å². The molecular formula is C21H28N2O2. The van der Waals surface area contributed by atoms with Crippen LogP contribution in [0.4, 0.5) is 0 Å². The molecule has 1 aromatic carbocycles. The highest BCUT2D eigenvalue weighted by molar-refractivity contribution is 5.94. The molecule has 1 heterocycles. The molecule has 1 aliphatic rings.